The molecule has 1 amide bonds. The van der Waals surface area contributed by atoms with Crippen LogP contribution < -0.4 is 14.4 Å². The van der Waals surface area contributed by atoms with Crippen LogP contribution in [-0.4, -0.2) is 19.1 Å². The van der Waals surface area contributed by atoms with E-state index in [1.54, 1.807) is 16.2 Å². The summed E-state index contributed by atoms with van der Waals surface area (Å²) in [5.74, 6) is 1.25. The van der Waals surface area contributed by atoms with Crippen LogP contribution in [0, 0.1) is 6.92 Å². The van der Waals surface area contributed by atoms with Gasteiger partial charge in [-0.1, -0.05) is 6.58 Å². The fourth-order valence-corrected chi connectivity index (χ4v) is 3.21. The Morgan fingerprint density at radius 2 is 2.05 bits per heavy atom. The second-order valence-corrected chi connectivity index (χ2v) is 6.34. The van der Waals surface area contributed by atoms with Gasteiger partial charge in [0.2, 0.25) is 0 Å². The zero-order chi connectivity index (χ0) is 15.5. The summed E-state index contributed by atoms with van der Waals surface area (Å²) in [7, 11) is 0. The molecule has 0 N–H and O–H groups in total. The Hall–Kier alpha value is -2.27. The van der Waals surface area contributed by atoms with Gasteiger partial charge in [0.15, 0.2) is 11.5 Å². The Morgan fingerprint density at radius 3 is 2.73 bits per heavy atom. The molecule has 1 aromatic heterocycles. The lowest BCUT2D eigenvalue weighted by atomic mass is 10.2. The van der Waals surface area contributed by atoms with E-state index in [2.05, 4.69) is 19.6 Å². The van der Waals surface area contributed by atoms with Crippen molar-refractivity contribution < 1.29 is 14.3 Å². The first-order valence-corrected chi connectivity index (χ1v) is 7.88. The molecule has 1 aromatic carbocycles. The van der Waals surface area contributed by atoms with Crippen molar-refractivity contribution in [3.8, 4) is 11.5 Å². The topological polar surface area (TPSA) is 38.8 Å². The first kappa shape index (κ1) is 14.7. The van der Waals surface area contributed by atoms with Crippen molar-refractivity contribution in [1.29, 1.82) is 0 Å². The SMILES string of the molecule is C=CC(=O)N(Cc1ccc(C)s1)c1ccc2c(c1)OCCO2. The number of rotatable bonds is 4. The minimum Gasteiger partial charge on any atom is -0.486 e. The third-order valence-electron chi connectivity index (χ3n) is 3.39. The second-order valence-electron chi connectivity index (χ2n) is 4.97. The van der Waals surface area contributed by atoms with Crippen molar-refractivity contribution in [2.24, 2.45) is 0 Å². The number of thiophene rings is 1. The van der Waals surface area contributed by atoms with E-state index in [1.165, 1.54) is 11.0 Å². The Labute approximate surface area is 133 Å². The van der Waals surface area contributed by atoms with Gasteiger partial charge in [-0.25, -0.2) is 0 Å². The molecular formula is C17H17NO3S. The van der Waals surface area contributed by atoms with Crippen LogP contribution in [0.15, 0.2) is 43.0 Å². The molecule has 0 atom stereocenters. The van der Waals surface area contributed by atoms with Gasteiger partial charge in [-0.3, -0.25) is 4.79 Å². The lowest BCUT2D eigenvalue weighted by Crippen LogP contribution is -2.28. The summed E-state index contributed by atoms with van der Waals surface area (Å²) >= 11 is 1.68. The quantitative estimate of drug-likeness (QED) is 0.810. The molecule has 0 spiro atoms. The molecule has 0 bridgehead atoms. The summed E-state index contributed by atoms with van der Waals surface area (Å²) in [5, 5.41) is 0. The number of nitrogens with zero attached hydrogens (tertiary/aromatic N) is 1. The van der Waals surface area contributed by atoms with Crippen LogP contribution in [0.1, 0.15) is 9.75 Å². The third-order valence-corrected chi connectivity index (χ3v) is 4.37. The van der Waals surface area contributed by atoms with Crippen LogP contribution in [0.2, 0.25) is 0 Å². The van der Waals surface area contributed by atoms with Gasteiger partial charge >= 0.3 is 0 Å². The van der Waals surface area contributed by atoms with E-state index in [4.69, 9.17) is 9.47 Å². The molecule has 3 rings (SSSR count). The van der Waals surface area contributed by atoms with Crippen LogP contribution in [0.4, 0.5) is 5.69 Å². The van der Waals surface area contributed by atoms with Crippen molar-refractivity contribution in [2.45, 2.75) is 13.5 Å². The third kappa shape index (κ3) is 2.99. The number of carbonyl (C=O) groups excluding carboxylic acids is 1. The van der Waals surface area contributed by atoms with Crippen molar-refractivity contribution in [2.75, 3.05) is 18.1 Å². The number of anilines is 1. The number of ether oxygens (including phenoxy) is 2. The summed E-state index contributed by atoms with van der Waals surface area (Å²) in [6, 6.07) is 9.65. The van der Waals surface area contributed by atoms with Gasteiger partial charge in [-0.05, 0) is 37.3 Å². The Morgan fingerprint density at radius 1 is 1.27 bits per heavy atom. The summed E-state index contributed by atoms with van der Waals surface area (Å²) in [5.41, 5.74) is 0.778. The smallest absolute Gasteiger partial charge is 0.250 e. The van der Waals surface area contributed by atoms with Gasteiger partial charge in [0, 0.05) is 21.5 Å². The van der Waals surface area contributed by atoms with E-state index in [-0.39, 0.29) is 5.91 Å². The first-order valence-electron chi connectivity index (χ1n) is 7.06. The molecule has 1 aliphatic rings. The molecule has 2 aromatic rings. The number of hydrogen-bond acceptors (Lipinski definition) is 4. The standard InChI is InChI=1S/C17H17NO3S/c1-3-17(19)18(11-14-6-4-12(2)22-14)13-5-7-15-16(10-13)21-9-8-20-15/h3-7,10H,1,8-9,11H2,2H3. The van der Waals surface area contributed by atoms with Gasteiger partial charge in [0.1, 0.15) is 13.2 Å². The number of fused-ring (bicyclic) bond motifs is 1. The Bertz CT molecular complexity index is 708. The van der Waals surface area contributed by atoms with Crippen LogP contribution in [0.25, 0.3) is 0 Å². The highest BCUT2D eigenvalue weighted by atomic mass is 32.1. The van der Waals surface area contributed by atoms with E-state index >= 15 is 0 Å². The minimum absolute atomic E-state index is 0.136. The largest absolute Gasteiger partial charge is 0.486 e. The molecule has 4 nitrogen and oxygen atoms in total. The van der Waals surface area contributed by atoms with Crippen LogP contribution >= 0.6 is 11.3 Å². The zero-order valence-corrected chi connectivity index (χ0v) is 13.2. The Balaban J connectivity index is 1.91. The highest BCUT2D eigenvalue weighted by Gasteiger charge is 2.18. The molecule has 0 radical (unpaired) electrons. The number of aryl methyl sites for hydroxylation is 1. The predicted molar refractivity (Wildman–Crippen MR) is 87.9 cm³/mol. The molecule has 5 heteroatoms. The lowest BCUT2D eigenvalue weighted by molar-refractivity contribution is -0.114. The van der Waals surface area contributed by atoms with E-state index in [9.17, 15) is 4.79 Å². The fourth-order valence-electron chi connectivity index (χ4n) is 2.33. The first-order chi connectivity index (χ1) is 10.7. The number of amides is 1. The minimum atomic E-state index is -0.136. The molecule has 0 saturated heterocycles. The van der Waals surface area contributed by atoms with Crippen LogP contribution in [-0.2, 0) is 11.3 Å². The lowest BCUT2D eigenvalue weighted by Gasteiger charge is -2.24. The van der Waals surface area contributed by atoms with Crippen molar-refractivity contribution in [3.63, 3.8) is 0 Å². The average molecular weight is 315 g/mol. The maximum absolute atomic E-state index is 12.2. The van der Waals surface area contributed by atoms with Crippen molar-refractivity contribution >= 4 is 22.9 Å². The van der Waals surface area contributed by atoms with Gasteiger partial charge in [-0.2, -0.15) is 0 Å². The van der Waals surface area contributed by atoms with Gasteiger partial charge in [0.25, 0.3) is 5.91 Å². The number of carbonyl (C=O) groups is 1. The number of hydrogen-bond donors (Lipinski definition) is 0. The molecule has 114 valence electrons. The van der Waals surface area contributed by atoms with E-state index in [0.717, 1.165) is 10.6 Å². The Kier molecular flexibility index (Phi) is 4.15. The molecule has 0 aliphatic carbocycles. The fraction of sp³-hybridized carbons (Fsp3) is 0.235. The molecule has 0 saturated carbocycles. The summed E-state index contributed by atoms with van der Waals surface area (Å²) < 4.78 is 11.1. The predicted octanol–water partition coefficient (Wildman–Crippen LogP) is 3.55. The molecule has 22 heavy (non-hydrogen) atoms. The van der Waals surface area contributed by atoms with E-state index in [0.29, 0.717) is 31.3 Å². The van der Waals surface area contributed by atoms with Gasteiger partial charge in [0.05, 0.1) is 6.54 Å². The van der Waals surface area contributed by atoms with Crippen molar-refractivity contribution in [3.05, 3.63) is 52.7 Å². The molecule has 2 heterocycles. The number of benzene rings is 1. The average Bonchev–Trinajstić information content (AvgIpc) is 2.96. The second kappa shape index (κ2) is 6.23. The van der Waals surface area contributed by atoms with Crippen molar-refractivity contribution in [1.82, 2.24) is 0 Å². The van der Waals surface area contributed by atoms with Crippen LogP contribution in [0.5, 0.6) is 11.5 Å². The van der Waals surface area contributed by atoms with E-state index in [1.807, 2.05) is 24.3 Å². The molecule has 0 fully saturated rings. The molecule has 0 unspecified atom stereocenters. The summed E-state index contributed by atoms with van der Waals surface area (Å²) in [4.78, 5) is 16.3. The normalized spacial score (nSPS) is 12.8. The summed E-state index contributed by atoms with van der Waals surface area (Å²) in [6.45, 7) is 7.24. The highest BCUT2D eigenvalue weighted by Crippen LogP contribution is 2.34. The molecule has 1 aliphatic heterocycles. The maximum Gasteiger partial charge on any atom is 0.250 e. The zero-order valence-electron chi connectivity index (χ0n) is 12.4. The van der Waals surface area contributed by atoms with E-state index < -0.39 is 0 Å². The van der Waals surface area contributed by atoms with Gasteiger partial charge < -0.3 is 14.4 Å². The van der Waals surface area contributed by atoms with Crippen LogP contribution in [0.3, 0.4) is 0 Å². The highest BCUT2D eigenvalue weighted by molar-refractivity contribution is 7.11. The van der Waals surface area contributed by atoms with Gasteiger partial charge in [-0.15, -0.1) is 11.3 Å². The molecular weight excluding hydrogens is 298 g/mol. The maximum atomic E-state index is 12.2. The summed E-state index contributed by atoms with van der Waals surface area (Å²) in [6.07, 6.45) is 1.33. The monoisotopic (exact) mass is 315 g/mol.